The summed E-state index contributed by atoms with van der Waals surface area (Å²) in [4.78, 5) is 29.1. The van der Waals surface area contributed by atoms with Crippen LogP contribution in [0.1, 0.15) is 24.5 Å². The van der Waals surface area contributed by atoms with Crippen molar-refractivity contribution in [1.29, 1.82) is 0 Å². The Hall–Kier alpha value is -3.06. The molecule has 0 spiro atoms. The average molecular weight is 424 g/mol. The van der Waals surface area contributed by atoms with Crippen molar-refractivity contribution in [2.24, 2.45) is 4.99 Å². The Morgan fingerprint density at radius 1 is 1.13 bits per heavy atom. The van der Waals surface area contributed by atoms with Gasteiger partial charge in [0, 0.05) is 11.4 Å². The van der Waals surface area contributed by atoms with Crippen molar-refractivity contribution in [2.75, 3.05) is 23.0 Å². The number of hydrogen-bond acceptors (Lipinski definition) is 6. The van der Waals surface area contributed by atoms with Crippen molar-refractivity contribution in [3.63, 3.8) is 0 Å². The number of para-hydroxylation sites is 2. The van der Waals surface area contributed by atoms with Gasteiger partial charge in [-0.1, -0.05) is 36.0 Å². The summed E-state index contributed by atoms with van der Waals surface area (Å²) in [5.41, 5.74) is 5.24. The molecular formula is C23H25N3O3S. The molecule has 7 heteroatoms. The SMILES string of the molecule is CCOC(=O)CC1=CC(SCC(=O)Nc2cccc(C)c2C)=Nc2ccccc2N1. The van der Waals surface area contributed by atoms with Crippen molar-refractivity contribution < 1.29 is 14.3 Å². The summed E-state index contributed by atoms with van der Waals surface area (Å²) < 4.78 is 5.06. The molecule has 0 atom stereocenters. The highest BCUT2D eigenvalue weighted by Gasteiger charge is 2.16. The Morgan fingerprint density at radius 3 is 2.73 bits per heavy atom. The van der Waals surface area contributed by atoms with Crippen LogP contribution in [0, 0.1) is 13.8 Å². The standard InChI is InChI=1S/C23H25N3O3S/c1-4-29-23(28)13-17-12-22(26-20-10-6-5-9-19(20)24-17)30-14-21(27)25-18-11-7-8-15(2)16(18)3/h5-12,24H,4,13-14H2,1-3H3,(H,25,27). The van der Waals surface area contributed by atoms with Crippen LogP contribution in [-0.2, 0) is 14.3 Å². The molecule has 2 aromatic rings. The molecule has 6 nitrogen and oxygen atoms in total. The Kier molecular flexibility index (Phi) is 7.30. The first-order chi connectivity index (χ1) is 14.5. The first-order valence-electron chi connectivity index (χ1n) is 9.76. The van der Waals surface area contributed by atoms with E-state index in [1.165, 1.54) is 11.8 Å². The van der Waals surface area contributed by atoms with Crippen LogP contribution in [0.15, 0.2) is 59.2 Å². The van der Waals surface area contributed by atoms with Gasteiger partial charge in [0.25, 0.3) is 0 Å². The van der Waals surface area contributed by atoms with Gasteiger partial charge < -0.3 is 15.4 Å². The zero-order valence-electron chi connectivity index (χ0n) is 17.3. The Bertz CT molecular complexity index is 1010. The lowest BCUT2D eigenvalue weighted by Gasteiger charge is -2.10. The van der Waals surface area contributed by atoms with Crippen LogP contribution >= 0.6 is 11.8 Å². The predicted octanol–water partition coefficient (Wildman–Crippen LogP) is 4.97. The summed E-state index contributed by atoms with van der Waals surface area (Å²) in [6.45, 7) is 6.11. The summed E-state index contributed by atoms with van der Waals surface area (Å²) in [5.74, 6) is -0.215. The lowest BCUT2D eigenvalue weighted by atomic mass is 10.1. The molecule has 30 heavy (non-hydrogen) atoms. The number of ether oxygens (including phenoxy) is 1. The van der Waals surface area contributed by atoms with Crippen molar-refractivity contribution in [1.82, 2.24) is 0 Å². The minimum Gasteiger partial charge on any atom is -0.466 e. The number of rotatable bonds is 6. The number of aliphatic imine (C=N–C) groups is 1. The molecule has 0 aliphatic carbocycles. The molecule has 0 unspecified atom stereocenters. The summed E-state index contributed by atoms with van der Waals surface area (Å²) in [5, 5.41) is 6.87. The second kappa shape index (κ2) is 10.1. The van der Waals surface area contributed by atoms with Crippen molar-refractivity contribution in [3.05, 3.63) is 65.4 Å². The number of aryl methyl sites for hydroxylation is 1. The Morgan fingerprint density at radius 2 is 1.93 bits per heavy atom. The molecule has 1 aliphatic rings. The van der Waals surface area contributed by atoms with E-state index < -0.39 is 0 Å². The second-order valence-corrected chi connectivity index (χ2v) is 7.82. The molecule has 1 amide bonds. The van der Waals surface area contributed by atoms with E-state index in [0.717, 1.165) is 28.2 Å². The maximum atomic E-state index is 12.5. The molecule has 156 valence electrons. The number of carbonyl (C=O) groups is 2. The van der Waals surface area contributed by atoms with Gasteiger partial charge in [0.15, 0.2) is 0 Å². The lowest BCUT2D eigenvalue weighted by molar-refractivity contribution is -0.142. The van der Waals surface area contributed by atoms with Gasteiger partial charge in [0.2, 0.25) is 5.91 Å². The predicted molar refractivity (Wildman–Crippen MR) is 123 cm³/mol. The van der Waals surface area contributed by atoms with E-state index in [1.807, 2.05) is 56.3 Å². The number of benzene rings is 2. The van der Waals surface area contributed by atoms with Crippen LogP contribution in [-0.4, -0.2) is 29.3 Å². The minimum absolute atomic E-state index is 0.108. The number of amides is 1. The Labute approximate surface area is 180 Å². The summed E-state index contributed by atoms with van der Waals surface area (Å²) in [6, 6.07) is 13.4. The Balaban J connectivity index is 1.73. The van der Waals surface area contributed by atoms with Gasteiger partial charge in [-0.3, -0.25) is 9.59 Å². The van der Waals surface area contributed by atoms with E-state index >= 15 is 0 Å². The smallest absolute Gasteiger partial charge is 0.311 e. The molecule has 0 bridgehead atoms. The third-order valence-electron chi connectivity index (χ3n) is 4.60. The average Bonchev–Trinajstić information content (AvgIpc) is 2.88. The highest BCUT2D eigenvalue weighted by Crippen LogP contribution is 2.31. The first-order valence-corrected chi connectivity index (χ1v) is 10.7. The molecule has 1 aliphatic heterocycles. The maximum absolute atomic E-state index is 12.5. The molecule has 2 aromatic carbocycles. The third kappa shape index (κ3) is 5.73. The van der Waals surface area contributed by atoms with E-state index in [0.29, 0.717) is 17.3 Å². The zero-order valence-corrected chi connectivity index (χ0v) is 18.1. The molecule has 0 saturated carbocycles. The van der Waals surface area contributed by atoms with E-state index in [1.54, 1.807) is 13.0 Å². The number of esters is 1. The van der Waals surface area contributed by atoms with Crippen LogP contribution < -0.4 is 10.6 Å². The van der Waals surface area contributed by atoms with E-state index in [9.17, 15) is 9.59 Å². The number of nitrogens with one attached hydrogen (secondary N) is 2. The van der Waals surface area contributed by atoms with Gasteiger partial charge in [-0.25, -0.2) is 4.99 Å². The number of anilines is 2. The van der Waals surface area contributed by atoms with Crippen LogP contribution in [0.25, 0.3) is 0 Å². The van der Waals surface area contributed by atoms with Gasteiger partial charge in [0.1, 0.15) is 0 Å². The van der Waals surface area contributed by atoms with Crippen LogP contribution in [0.2, 0.25) is 0 Å². The van der Waals surface area contributed by atoms with Crippen molar-refractivity contribution >= 4 is 45.7 Å². The molecule has 3 rings (SSSR count). The highest BCUT2D eigenvalue weighted by molar-refractivity contribution is 8.14. The highest BCUT2D eigenvalue weighted by atomic mass is 32.2. The van der Waals surface area contributed by atoms with E-state index in [4.69, 9.17) is 4.74 Å². The molecule has 2 N–H and O–H groups in total. The summed E-state index contributed by atoms with van der Waals surface area (Å²) >= 11 is 1.33. The maximum Gasteiger partial charge on any atom is 0.311 e. The number of hydrogen-bond donors (Lipinski definition) is 2. The zero-order chi connectivity index (χ0) is 21.5. The quantitative estimate of drug-likeness (QED) is 0.642. The number of nitrogens with zero attached hydrogens (tertiary/aromatic N) is 1. The van der Waals surface area contributed by atoms with E-state index in [-0.39, 0.29) is 24.1 Å². The van der Waals surface area contributed by atoms with E-state index in [2.05, 4.69) is 15.6 Å². The topological polar surface area (TPSA) is 79.8 Å². The molecule has 0 fully saturated rings. The minimum atomic E-state index is -0.312. The third-order valence-corrected chi connectivity index (χ3v) is 5.51. The van der Waals surface area contributed by atoms with Gasteiger partial charge in [-0.2, -0.15) is 0 Å². The normalized spacial score (nSPS) is 12.6. The summed E-state index contributed by atoms with van der Waals surface area (Å²) in [7, 11) is 0. The number of fused-ring (bicyclic) bond motifs is 1. The first kappa shape index (κ1) is 21.6. The largest absolute Gasteiger partial charge is 0.466 e. The fourth-order valence-electron chi connectivity index (χ4n) is 2.93. The summed E-state index contributed by atoms with van der Waals surface area (Å²) in [6.07, 6.45) is 1.91. The van der Waals surface area contributed by atoms with Crippen LogP contribution in [0.5, 0.6) is 0 Å². The molecule has 0 radical (unpaired) electrons. The molecule has 0 saturated heterocycles. The van der Waals surface area contributed by atoms with Crippen LogP contribution in [0.3, 0.4) is 0 Å². The fourth-order valence-corrected chi connectivity index (χ4v) is 3.67. The van der Waals surface area contributed by atoms with Crippen molar-refractivity contribution in [2.45, 2.75) is 27.2 Å². The van der Waals surface area contributed by atoms with Crippen molar-refractivity contribution in [3.8, 4) is 0 Å². The molecule has 1 heterocycles. The monoisotopic (exact) mass is 423 g/mol. The second-order valence-electron chi connectivity index (χ2n) is 6.83. The van der Waals surface area contributed by atoms with Gasteiger partial charge in [-0.05, 0) is 56.2 Å². The van der Waals surface area contributed by atoms with Gasteiger partial charge in [-0.15, -0.1) is 0 Å². The molecular weight excluding hydrogens is 398 g/mol. The van der Waals surface area contributed by atoms with Crippen LogP contribution in [0.4, 0.5) is 17.1 Å². The van der Waals surface area contributed by atoms with Gasteiger partial charge >= 0.3 is 5.97 Å². The number of thioether (sulfide) groups is 1. The lowest BCUT2D eigenvalue weighted by Crippen LogP contribution is -2.16. The fraction of sp³-hybridized carbons (Fsp3) is 0.261. The van der Waals surface area contributed by atoms with Gasteiger partial charge in [0.05, 0.1) is 35.2 Å². The molecule has 0 aromatic heterocycles. The number of carbonyl (C=O) groups excluding carboxylic acids is 2.